The minimum Gasteiger partial charge on any atom is -0.378 e. The first-order valence-corrected chi connectivity index (χ1v) is 7.37. The van der Waals surface area contributed by atoms with Gasteiger partial charge in [-0.1, -0.05) is 18.5 Å². The number of nitrogens with zero attached hydrogens (tertiary/aromatic N) is 3. The van der Waals surface area contributed by atoms with Gasteiger partial charge in [0.05, 0.1) is 34.6 Å². The number of anilines is 1. The van der Waals surface area contributed by atoms with Gasteiger partial charge in [-0.15, -0.1) is 0 Å². The molecule has 0 aliphatic heterocycles. The molecule has 1 N–H and O–H groups in total. The zero-order valence-electron chi connectivity index (χ0n) is 11.2. The Bertz CT molecular complexity index is 673. The van der Waals surface area contributed by atoms with Crippen LogP contribution in [0.15, 0.2) is 22.7 Å². The Balaban J connectivity index is 2.17. The maximum Gasteiger partial charge on any atom is 0.0992 e. The molecule has 0 aliphatic rings. The lowest BCUT2D eigenvalue weighted by atomic mass is 10.2. The van der Waals surface area contributed by atoms with Crippen LogP contribution in [-0.4, -0.2) is 9.78 Å². The van der Waals surface area contributed by atoms with Crippen molar-refractivity contribution < 1.29 is 0 Å². The molecule has 0 amide bonds. The minimum atomic E-state index is 0.576. The first-order chi connectivity index (χ1) is 9.56. The summed E-state index contributed by atoms with van der Waals surface area (Å²) in [5.41, 5.74) is 3.39. The van der Waals surface area contributed by atoms with Crippen LogP contribution in [0.4, 0.5) is 5.69 Å². The van der Waals surface area contributed by atoms with Gasteiger partial charge < -0.3 is 5.32 Å². The molecule has 2 aromatic rings. The van der Waals surface area contributed by atoms with Crippen molar-refractivity contribution in [3.63, 3.8) is 0 Å². The molecule has 0 saturated heterocycles. The van der Waals surface area contributed by atoms with Crippen LogP contribution >= 0.6 is 27.5 Å². The number of aryl methyl sites for hydroxylation is 2. The highest BCUT2D eigenvalue weighted by atomic mass is 79.9. The van der Waals surface area contributed by atoms with Crippen molar-refractivity contribution in [2.24, 2.45) is 7.05 Å². The monoisotopic (exact) mass is 352 g/mol. The third-order valence-corrected chi connectivity index (χ3v) is 4.14. The van der Waals surface area contributed by atoms with E-state index in [1.54, 1.807) is 16.8 Å². The molecule has 1 aromatic carbocycles. The number of nitrogens with one attached hydrogen (secondary N) is 1. The summed E-state index contributed by atoms with van der Waals surface area (Å²) < 4.78 is 2.65. The lowest BCUT2D eigenvalue weighted by molar-refractivity contribution is 0.707. The Kier molecular flexibility index (Phi) is 4.69. The second kappa shape index (κ2) is 6.29. The summed E-state index contributed by atoms with van der Waals surface area (Å²) in [7, 11) is 1.88. The number of hydrogen-bond acceptors (Lipinski definition) is 3. The number of aromatic nitrogens is 2. The highest BCUT2D eigenvalue weighted by molar-refractivity contribution is 9.10. The third kappa shape index (κ3) is 2.97. The molecule has 4 nitrogen and oxygen atoms in total. The Morgan fingerprint density at radius 1 is 1.50 bits per heavy atom. The van der Waals surface area contributed by atoms with Crippen LogP contribution in [0, 0.1) is 11.3 Å². The van der Waals surface area contributed by atoms with Gasteiger partial charge in [0.25, 0.3) is 0 Å². The molecule has 0 unspecified atom stereocenters. The maximum atomic E-state index is 8.84. The van der Waals surface area contributed by atoms with Crippen LogP contribution in [0.3, 0.4) is 0 Å². The fourth-order valence-corrected chi connectivity index (χ4v) is 2.80. The molecule has 1 aromatic heterocycles. The largest absolute Gasteiger partial charge is 0.378 e. The van der Waals surface area contributed by atoms with Gasteiger partial charge in [0.2, 0.25) is 0 Å². The maximum absolute atomic E-state index is 8.84. The molecule has 0 bridgehead atoms. The molecule has 0 atom stereocenters. The van der Waals surface area contributed by atoms with E-state index in [-0.39, 0.29) is 0 Å². The standard InChI is InChI=1S/C14H14BrClN4/c1-3-11-14(16)13(20(2)19-11)8-18-12-5-4-9(7-17)6-10(12)15/h4-6,18H,3,8H2,1-2H3. The molecule has 0 radical (unpaired) electrons. The zero-order valence-corrected chi connectivity index (χ0v) is 13.6. The predicted molar refractivity (Wildman–Crippen MR) is 83.8 cm³/mol. The fraction of sp³-hybridized carbons (Fsp3) is 0.286. The van der Waals surface area contributed by atoms with E-state index in [2.05, 4.69) is 32.4 Å². The Hall–Kier alpha value is -1.51. The van der Waals surface area contributed by atoms with E-state index in [9.17, 15) is 0 Å². The molecular weight excluding hydrogens is 340 g/mol. The van der Waals surface area contributed by atoms with Gasteiger partial charge in [-0.3, -0.25) is 4.68 Å². The summed E-state index contributed by atoms with van der Waals surface area (Å²) in [4.78, 5) is 0. The Morgan fingerprint density at radius 3 is 2.80 bits per heavy atom. The van der Waals surface area contributed by atoms with E-state index in [1.165, 1.54) is 0 Å². The highest BCUT2D eigenvalue weighted by Crippen LogP contribution is 2.26. The van der Waals surface area contributed by atoms with Crippen molar-refractivity contribution in [1.29, 1.82) is 5.26 Å². The lowest BCUT2D eigenvalue weighted by Gasteiger charge is -2.09. The minimum absolute atomic E-state index is 0.576. The summed E-state index contributed by atoms with van der Waals surface area (Å²) in [6.45, 7) is 2.61. The van der Waals surface area contributed by atoms with Crippen LogP contribution in [0.5, 0.6) is 0 Å². The van der Waals surface area contributed by atoms with Crippen molar-refractivity contribution in [1.82, 2.24) is 9.78 Å². The van der Waals surface area contributed by atoms with E-state index in [0.717, 1.165) is 28.0 Å². The van der Waals surface area contributed by atoms with Crippen molar-refractivity contribution in [2.45, 2.75) is 19.9 Å². The third-order valence-electron chi connectivity index (χ3n) is 3.05. The number of rotatable bonds is 4. The molecule has 0 aliphatic carbocycles. The molecule has 0 fully saturated rings. The normalized spacial score (nSPS) is 10.3. The second-order valence-electron chi connectivity index (χ2n) is 4.34. The van der Waals surface area contributed by atoms with Crippen LogP contribution < -0.4 is 5.32 Å². The van der Waals surface area contributed by atoms with Gasteiger partial charge in [-0.2, -0.15) is 10.4 Å². The number of benzene rings is 1. The molecule has 2 rings (SSSR count). The first kappa shape index (κ1) is 14.9. The van der Waals surface area contributed by atoms with Crippen LogP contribution in [0.1, 0.15) is 23.9 Å². The molecule has 1 heterocycles. The molecule has 0 spiro atoms. The van der Waals surface area contributed by atoms with Crippen LogP contribution in [0.25, 0.3) is 0 Å². The van der Waals surface area contributed by atoms with Gasteiger partial charge in [-0.05, 0) is 40.5 Å². The summed E-state index contributed by atoms with van der Waals surface area (Å²) in [6, 6.07) is 7.53. The second-order valence-corrected chi connectivity index (χ2v) is 5.58. The lowest BCUT2D eigenvalue weighted by Crippen LogP contribution is -2.06. The molecular formula is C14H14BrClN4. The predicted octanol–water partition coefficient (Wildman–Crippen LogP) is 3.88. The Labute approximate surface area is 131 Å². The molecule has 6 heteroatoms. The van der Waals surface area contributed by atoms with Crippen molar-refractivity contribution in [2.75, 3.05) is 5.32 Å². The molecule has 20 heavy (non-hydrogen) atoms. The Morgan fingerprint density at radius 2 is 2.25 bits per heavy atom. The number of hydrogen-bond donors (Lipinski definition) is 1. The average molecular weight is 354 g/mol. The molecule has 0 saturated carbocycles. The van der Waals surface area contributed by atoms with Crippen molar-refractivity contribution in [3.05, 3.63) is 44.6 Å². The van der Waals surface area contributed by atoms with Gasteiger partial charge in [0.1, 0.15) is 0 Å². The van der Waals surface area contributed by atoms with Gasteiger partial charge in [0, 0.05) is 17.2 Å². The summed E-state index contributed by atoms with van der Waals surface area (Å²) >= 11 is 9.75. The molecule has 104 valence electrons. The van der Waals surface area contributed by atoms with Crippen LogP contribution in [0.2, 0.25) is 5.02 Å². The van der Waals surface area contributed by atoms with Crippen molar-refractivity contribution >= 4 is 33.2 Å². The van der Waals surface area contributed by atoms with E-state index in [0.29, 0.717) is 17.1 Å². The van der Waals surface area contributed by atoms with Gasteiger partial charge in [-0.25, -0.2) is 0 Å². The summed E-state index contributed by atoms with van der Waals surface area (Å²) in [5.74, 6) is 0. The highest BCUT2D eigenvalue weighted by Gasteiger charge is 2.13. The smallest absolute Gasteiger partial charge is 0.0992 e. The fourth-order valence-electron chi connectivity index (χ4n) is 1.92. The van der Waals surface area contributed by atoms with E-state index in [1.807, 2.05) is 20.0 Å². The average Bonchev–Trinajstić information content (AvgIpc) is 2.72. The quantitative estimate of drug-likeness (QED) is 0.907. The number of nitriles is 1. The van der Waals surface area contributed by atoms with E-state index < -0.39 is 0 Å². The summed E-state index contributed by atoms with van der Waals surface area (Å²) in [5, 5.41) is 17.2. The number of halogens is 2. The van der Waals surface area contributed by atoms with E-state index in [4.69, 9.17) is 16.9 Å². The topological polar surface area (TPSA) is 53.6 Å². The summed E-state index contributed by atoms with van der Waals surface area (Å²) in [6.07, 6.45) is 0.813. The zero-order chi connectivity index (χ0) is 14.7. The van der Waals surface area contributed by atoms with Gasteiger partial charge in [0.15, 0.2) is 0 Å². The van der Waals surface area contributed by atoms with Crippen LogP contribution in [-0.2, 0) is 20.0 Å². The van der Waals surface area contributed by atoms with Gasteiger partial charge >= 0.3 is 0 Å². The van der Waals surface area contributed by atoms with Crippen molar-refractivity contribution in [3.8, 4) is 6.07 Å². The SMILES string of the molecule is CCc1nn(C)c(CNc2ccc(C#N)cc2Br)c1Cl. The first-order valence-electron chi connectivity index (χ1n) is 6.20. The van der Waals surface area contributed by atoms with E-state index >= 15 is 0 Å².